The molecule has 0 saturated carbocycles. The van der Waals surface area contributed by atoms with Crippen molar-refractivity contribution in [1.82, 2.24) is 4.98 Å². The van der Waals surface area contributed by atoms with E-state index in [1.54, 1.807) is 19.5 Å². The second-order valence-electron chi connectivity index (χ2n) is 5.73. The van der Waals surface area contributed by atoms with Gasteiger partial charge in [-0.25, -0.2) is 0 Å². The molecule has 0 fully saturated rings. The van der Waals surface area contributed by atoms with Crippen LogP contribution in [0.1, 0.15) is 5.56 Å². The molecule has 1 rings (SSSR count). The highest BCUT2D eigenvalue weighted by Gasteiger charge is 2.24. The summed E-state index contributed by atoms with van der Waals surface area (Å²) in [6, 6.07) is 3.89. The molecule has 1 aromatic rings. The highest BCUT2D eigenvalue weighted by Crippen LogP contribution is 2.10. The van der Waals surface area contributed by atoms with Gasteiger partial charge in [0.25, 0.3) is 0 Å². The molecule has 0 aromatic carbocycles. The number of hydrogen-bond donors (Lipinski definition) is 0. The van der Waals surface area contributed by atoms with Gasteiger partial charge in [-0.05, 0) is 24.7 Å². The van der Waals surface area contributed by atoms with Crippen LogP contribution in [-0.2, 0) is 34.4 Å². The monoisotopic (exact) mass is 373 g/mol. The van der Waals surface area contributed by atoms with Crippen LogP contribution in [0.4, 0.5) is 0 Å². The van der Waals surface area contributed by atoms with E-state index in [2.05, 4.69) is 4.98 Å². The van der Waals surface area contributed by atoms with Crippen molar-refractivity contribution in [2.24, 2.45) is 0 Å². The molecule has 0 saturated heterocycles. The Balaban J connectivity index is 1.91. The molecule has 25 heavy (non-hydrogen) atoms. The number of methoxy groups -OCH3 is 1. The Morgan fingerprint density at radius 2 is 1.44 bits per heavy atom. The molecule has 0 radical (unpaired) electrons. The fourth-order valence-electron chi connectivity index (χ4n) is 1.81. The zero-order chi connectivity index (χ0) is 18.2. The van der Waals surface area contributed by atoms with E-state index in [1.807, 2.05) is 25.2 Å². The van der Waals surface area contributed by atoms with Gasteiger partial charge in [0, 0.05) is 19.5 Å². The van der Waals surface area contributed by atoms with Gasteiger partial charge in [0.2, 0.25) is 0 Å². The molecule has 144 valence electrons. The first kappa shape index (κ1) is 22.2. The summed E-state index contributed by atoms with van der Waals surface area (Å²) in [5.41, 5.74) is 1.05. The van der Waals surface area contributed by atoms with Crippen molar-refractivity contribution in [1.29, 1.82) is 0 Å². The van der Waals surface area contributed by atoms with Gasteiger partial charge in [-0.15, -0.1) is 0 Å². The number of hydrogen-bond acceptors (Lipinski definition) is 7. The lowest BCUT2D eigenvalue weighted by molar-refractivity contribution is -0.00165. The van der Waals surface area contributed by atoms with Crippen molar-refractivity contribution < 1.29 is 27.8 Å². The van der Waals surface area contributed by atoms with Gasteiger partial charge in [0.15, 0.2) is 0 Å². The molecular weight excluding hydrogens is 342 g/mol. The molecule has 8 heteroatoms. The lowest BCUT2D eigenvalue weighted by Crippen LogP contribution is -2.35. The number of aromatic nitrogens is 1. The third-order valence-corrected chi connectivity index (χ3v) is 4.90. The Kier molecular flexibility index (Phi) is 12.7. The van der Waals surface area contributed by atoms with Crippen LogP contribution in [0.3, 0.4) is 0 Å². The lowest BCUT2D eigenvalue weighted by atomic mass is 10.3. The summed E-state index contributed by atoms with van der Waals surface area (Å²) in [7, 11) is -0.499. The predicted molar refractivity (Wildman–Crippen MR) is 96.8 cm³/mol. The maximum atomic E-state index is 5.89. The summed E-state index contributed by atoms with van der Waals surface area (Å²) in [5.74, 6) is 0. The highest BCUT2D eigenvalue weighted by atomic mass is 28.4. The summed E-state index contributed by atoms with van der Waals surface area (Å²) in [5, 5.41) is 0. The second kappa shape index (κ2) is 14.3. The van der Waals surface area contributed by atoms with E-state index in [-0.39, 0.29) is 0 Å². The van der Waals surface area contributed by atoms with Crippen LogP contribution in [-0.4, -0.2) is 73.5 Å². The summed E-state index contributed by atoms with van der Waals surface area (Å²) in [6.07, 6.45) is 3.55. The topological polar surface area (TPSA) is 68.3 Å². The fraction of sp³-hybridized carbons (Fsp3) is 0.706. The summed E-state index contributed by atoms with van der Waals surface area (Å²) < 4.78 is 32.8. The van der Waals surface area contributed by atoms with Crippen LogP contribution in [0, 0.1) is 0 Å². The van der Waals surface area contributed by atoms with Crippen LogP contribution in [0.5, 0.6) is 0 Å². The fourth-order valence-corrected chi connectivity index (χ4v) is 2.99. The van der Waals surface area contributed by atoms with E-state index in [1.165, 1.54) is 0 Å². The molecular formula is C17H31NO6Si. The van der Waals surface area contributed by atoms with Crippen LogP contribution in [0.15, 0.2) is 24.5 Å². The summed E-state index contributed by atoms with van der Waals surface area (Å²) in [4.78, 5) is 4.07. The van der Waals surface area contributed by atoms with E-state index in [4.69, 9.17) is 27.8 Å². The Bertz CT molecular complexity index is 421. The average Bonchev–Trinajstić information content (AvgIpc) is 2.62. The molecule has 0 bridgehead atoms. The van der Waals surface area contributed by atoms with E-state index in [0.717, 1.165) is 5.56 Å². The van der Waals surface area contributed by atoms with E-state index >= 15 is 0 Å². The minimum Gasteiger partial charge on any atom is -0.392 e. The maximum absolute atomic E-state index is 5.89. The van der Waals surface area contributed by atoms with Gasteiger partial charge >= 0.3 is 8.56 Å². The highest BCUT2D eigenvalue weighted by molar-refractivity contribution is 6.64. The van der Waals surface area contributed by atoms with Crippen LogP contribution in [0.25, 0.3) is 0 Å². The van der Waals surface area contributed by atoms with Crippen LogP contribution >= 0.6 is 0 Å². The SMILES string of the molecule is COCCOCCOCCOCCO[Si](C)(C)OCc1cccnc1. The molecule has 1 heterocycles. The molecule has 7 nitrogen and oxygen atoms in total. The molecule has 0 aliphatic carbocycles. The molecule has 0 aliphatic rings. The number of pyridine rings is 1. The van der Waals surface area contributed by atoms with Gasteiger partial charge in [-0.3, -0.25) is 4.98 Å². The molecule has 0 N–H and O–H groups in total. The van der Waals surface area contributed by atoms with Crippen molar-refractivity contribution in [3.05, 3.63) is 30.1 Å². The minimum absolute atomic E-state index is 0.520. The molecule has 0 atom stereocenters. The normalized spacial score (nSPS) is 11.8. The standard InChI is InChI=1S/C17H31NO6Si/c1-19-7-8-20-9-10-21-11-12-22-13-14-23-25(2,3)24-16-17-5-4-6-18-15-17/h4-6,15H,7-14,16H2,1-3H3. The molecule has 0 aliphatic heterocycles. The lowest BCUT2D eigenvalue weighted by Gasteiger charge is -2.22. The van der Waals surface area contributed by atoms with E-state index in [0.29, 0.717) is 59.5 Å². The summed E-state index contributed by atoms with van der Waals surface area (Å²) >= 11 is 0. The van der Waals surface area contributed by atoms with Crippen molar-refractivity contribution in [3.63, 3.8) is 0 Å². The number of ether oxygens (including phenoxy) is 4. The maximum Gasteiger partial charge on any atom is 0.332 e. The number of nitrogens with zero attached hydrogens (tertiary/aromatic N) is 1. The van der Waals surface area contributed by atoms with Crippen molar-refractivity contribution >= 4 is 8.56 Å². The van der Waals surface area contributed by atoms with Crippen LogP contribution < -0.4 is 0 Å². The number of rotatable bonds is 16. The zero-order valence-corrected chi connectivity index (χ0v) is 16.6. The smallest absolute Gasteiger partial charge is 0.332 e. The van der Waals surface area contributed by atoms with Gasteiger partial charge in [-0.2, -0.15) is 0 Å². The molecule has 1 aromatic heterocycles. The Labute approximate surface area is 151 Å². The Morgan fingerprint density at radius 3 is 2.00 bits per heavy atom. The average molecular weight is 374 g/mol. The van der Waals surface area contributed by atoms with E-state index < -0.39 is 8.56 Å². The van der Waals surface area contributed by atoms with Gasteiger partial charge < -0.3 is 27.8 Å². The van der Waals surface area contributed by atoms with Gasteiger partial charge in [-0.1, -0.05) is 6.07 Å². The van der Waals surface area contributed by atoms with Crippen molar-refractivity contribution in [2.75, 3.05) is 60.0 Å². The quantitative estimate of drug-likeness (QED) is 0.324. The Morgan fingerprint density at radius 1 is 0.840 bits per heavy atom. The van der Waals surface area contributed by atoms with Crippen molar-refractivity contribution in [2.45, 2.75) is 19.7 Å². The first-order chi connectivity index (χ1) is 12.1. The first-order valence-corrected chi connectivity index (χ1v) is 11.3. The van der Waals surface area contributed by atoms with Gasteiger partial charge in [0.1, 0.15) is 0 Å². The zero-order valence-electron chi connectivity index (χ0n) is 15.6. The summed E-state index contributed by atoms with van der Waals surface area (Å²) in [6.45, 7) is 9.04. The molecule has 0 amide bonds. The van der Waals surface area contributed by atoms with E-state index in [9.17, 15) is 0 Å². The third-order valence-electron chi connectivity index (χ3n) is 3.16. The van der Waals surface area contributed by atoms with Crippen LogP contribution in [0.2, 0.25) is 13.1 Å². The predicted octanol–water partition coefficient (Wildman–Crippen LogP) is 2.01. The Hall–Kier alpha value is -0.873. The molecule has 0 unspecified atom stereocenters. The van der Waals surface area contributed by atoms with Crippen molar-refractivity contribution in [3.8, 4) is 0 Å². The third kappa shape index (κ3) is 13.0. The molecule has 0 spiro atoms. The first-order valence-electron chi connectivity index (χ1n) is 8.53. The largest absolute Gasteiger partial charge is 0.392 e. The van der Waals surface area contributed by atoms with Gasteiger partial charge in [0.05, 0.1) is 59.5 Å². The second-order valence-corrected chi connectivity index (χ2v) is 9.11. The minimum atomic E-state index is -2.15.